The summed E-state index contributed by atoms with van der Waals surface area (Å²) in [5.74, 6) is -2.92. The molecule has 0 atom stereocenters. The number of halogens is 3. The lowest BCUT2D eigenvalue weighted by Crippen LogP contribution is -2.11. The van der Waals surface area contributed by atoms with Crippen molar-refractivity contribution in [2.24, 2.45) is 5.10 Å². The van der Waals surface area contributed by atoms with Gasteiger partial charge in [-0.3, -0.25) is 0 Å². The predicted molar refractivity (Wildman–Crippen MR) is 94.7 cm³/mol. The third-order valence-electron chi connectivity index (χ3n) is 3.34. The minimum absolute atomic E-state index is 0.0524. The topological polar surface area (TPSA) is 114 Å². The Morgan fingerprint density at radius 3 is 2.75 bits per heavy atom. The van der Waals surface area contributed by atoms with E-state index in [9.17, 15) is 13.6 Å². The maximum atomic E-state index is 13.4. The zero-order chi connectivity index (χ0) is 20.1. The molecule has 3 rings (SSSR count). The number of nitrogens with one attached hydrogen (secondary N) is 2. The smallest absolute Gasteiger partial charge is 0.345 e. The first-order valence-electron chi connectivity index (χ1n) is 7.55. The van der Waals surface area contributed by atoms with Gasteiger partial charge in [-0.2, -0.15) is 10.3 Å². The SMILES string of the molecule is COc1cc(/C=N\Nc2nn[nH]n2)ccc1OC(=O)c1cc(F)c(F)cc1Cl. The van der Waals surface area contributed by atoms with Crippen molar-refractivity contribution in [3.05, 3.63) is 58.1 Å². The Bertz CT molecular complexity index is 1030. The average Bonchev–Trinajstić information content (AvgIpc) is 3.19. The van der Waals surface area contributed by atoms with Gasteiger partial charge in [0.1, 0.15) is 0 Å². The van der Waals surface area contributed by atoms with E-state index in [0.29, 0.717) is 17.7 Å². The number of rotatable bonds is 6. The van der Waals surface area contributed by atoms with Crippen LogP contribution in [-0.2, 0) is 0 Å². The summed E-state index contributed by atoms with van der Waals surface area (Å²) in [6, 6.07) is 5.93. The normalized spacial score (nSPS) is 10.9. The Morgan fingerprint density at radius 2 is 2.04 bits per heavy atom. The van der Waals surface area contributed by atoms with Gasteiger partial charge in [0.05, 0.1) is 23.9 Å². The van der Waals surface area contributed by atoms with Crippen molar-refractivity contribution in [1.82, 2.24) is 20.6 Å². The molecule has 1 aromatic heterocycles. The van der Waals surface area contributed by atoms with Gasteiger partial charge in [0.15, 0.2) is 23.1 Å². The molecule has 0 aliphatic heterocycles. The van der Waals surface area contributed by atoms with E-state index in [1.165, 1.54) is 25.5 Å². The highest BCUT2D eigenvalue weighted by Crippen LogP contribution is 2.29. The minimum Gasteiger partial charge on any atom is -0.493 e. The van der Waals surface area contributed by atoms with Gasteiger partial charge in [-0.25, -0.2) is 19.0 Å². The number of ether oxygens (including phenoxy) is 2. The number of aromatic amines is 1. The fourth-order valence-electron chi connectivity index (χ4n) is 2.06. The first kappa shape index (κ1) is 19.2. The molecule has 0 saturated carbocycles. The molecule has 0 radical (unpaired) electrons. The summed E-state index contributed by atoms with van der Waals surface area (Å²) in [5.41, 5.74) is 2.82. The van der Waals surface area contributed by atoms with E-state index in [-0.39, 0.29) is 28.0 Å². The maximum Gasteiger partial charge on any atom is 0.345 e. The van der Waals surface area contributed by atoms with Crippen LogP contribution in [0.4, 0.5) is 14.7 Å². The van der Waals surface area contributed by atoms with Crippen LogP contribution in [0.2, 0.25) is 5.02 Å². The summed E-state index contributed by atoms with van der Waals surface area (Å²) < 4.78 is 36.9. The number of hydrogen-bond acceptors (Lipinski definition) is 8. The highest BCUT2D eigenvalue weighted by Gasteiger charge is 2.18. The third kappa shape index (κ3) is 4.38. The lowest BCUT2D eigenvalue weighted by atomic mass is 10.2. The van der Waals surface area contributed by atoms with Crippen LogP contribution in [-0.4, -0.2) is 39.9 Å². The minimum atomic E-state index is -1.22. The van der Waals surface area contributed by atoms with E-state index in [1.807, 2.05) is 0 Å². The van der Waals surface area contributed by atoms with Gasteiger partial charge >= 0.3 is 5.97 Å². The molecule has 3 aromatic rings. The average molecular weight is 409 g/mol. The van der Waals surface area contributed by atoms with Crippen molar-refractivity contribution in [2.45, 2.75) is 0 Å². The zero-order valence-corrected chi connectivity index (χ0v) is 14.9. The predicted octanol–water partition coefficient (Wildman–Crippen LogP) is 2.81. The maximum absolute atomic E-state index is 13.4. The van der Waals surface area contributed by atoms with Crippen LogP contribution in [0.3, 0.4) is 0 Å². The van der Waals surface area contributed by atoms with Crippen molar-refractivity contribution >= 4 is 29.7 Å². The summed E-state index contributed by atoms with van der Waals surface area (Å²) in [7, 11) is 1.37. The molecule has 12 heteroatoms. The van der Waals surface area contributed by atoms with Crippen molar-refractivity contribution in [1.29, 1.82) is 0 Å². The highest BCUT2D eigenvalue weighted by atomic mass is 35.5. The molecule has 1 heterocycles. The second-order valence-electron chi connectivity index (χ2n) is 5.15. The number of hydrazone groups is 1. The van der Waals surface area contributed by atoms with Crippen molar-refractivity contribution in [3.8, 4) is 11.5 Å². The van der Waals surface area contributed by atoms with Crippen molar-refractivity contribution in [3.63, 3.8) is 0 Å². The van der Waals surface area contributed by atoms with Crippen LogP contribution in [0.15, 0.2) is 35.4 Å². The largest absolute Gasteiger partial charge is 0.493 e. The molecule has 0 saturated heterocycles. The quantitative estimate of drug-likeness (QED) is 0.212. The Hall–Kier alpha value is -3.60. The zero-order valence-electron chi connectivity index (χ0n) is 14.1. The number of anilines is 1. The molecular formula is C16H11ClF2N6O3. The number of nitrogens with zero attached hydrogens (tertiary/aromatic N) is 4. The third-order valence-corrected chi connectivity index (χ3v) is 3.66. The van der Waals surface area contributed by atoms with Crippen LogP contribution in [0, 0.1) is 11.6 Å². The summed E-state index contributed by atoms with van der Waals surface area (Å²) in [6.07, 6.45) is 1.44. The first-order chi connectivity index (χ1) is 13.5. The van der Waals surface area contributed by atoms with E-state index in [1.54, 1.807) is 6.07 Å². The lowest BCUT2D eigenvalue weighted by Gasteiger charge is -2.11. The van der Waals surface area contributed by atoms with E-state index < -0.39 is 17.6 Å². The van der Waals surface area contributed by atoms with Gasteiger partial charge < -0.3 is 9.47 Å². The van der Waals surface area contributed by atoms with Crippen molar-refractivity contribution in [2.75, 3.05) is 12.5 Å². The van der Waals surface area contributed by atoms with Gasteiger partial charge in [0.25, 0.3) is 5.95 Å². The first-order valence-corrected chi connectivity index (χ1v) is 7.93. The number of carbonyl (C=O) groups excluding carboxylic acids is 1. The van der Waals surface area contributed by atoms with Crippen molar-refractivity contribution < 1.29 is 23.0 Å². The molecule has 0 aliphatic carbocycles. The van der Waals surface area contributed by atoms with Crippen LogP contribution >= 0.6 is 11.6 Å². The lowest BCUT2D eigenvalue weighted by molar-refractivity contribution is 0.0729. The molecular weight excluding hydrogens is 398 g/mol. The number of esters is 1. The van der Waals surface area contributed by atoms with Gasteiger partial charge in [-0.15, -0.1) is 5.10 Å². The second kappa shape index (κ2) is 8.39. The van der Waals surface area contributed by atoms with Crippen LogP contribution in [0.5, 0.6) is 11.5 Å². The number of tetrazole rings is 1. The van der Waals surface area contributed by atoms with Gasteiger partial charge in [0.2, 0.25) is 0 Å². The number of carbonyl (C=O) groups is 1. The fraction of sp³-hybridized carbons (Fsp3) is 0.0625. The number of aromatic nitrogens is 4. The Labute approximate surface area is 161 Å². The molecule has 2 aromatic carbocycles. The standard InChI is InChI=1S/C16H11ClF2N6O3/c1-27-14-4-8(7-20-21-16-22-24-25-23-16)2-3-13(14)28-15(26)9-5-11(18)12(19)6-10(9)17/h2-7H,1H3,(H2,21,22,23,24,25)/b20-7-. The summed E-state index contributed by atoms with van der Waals surface area (Å²) in [5, 5.41) is 16.6. The molecule has 0 bridgehead atoms. The second-order valence-corrected chi connectivity index (χ2v) is 5.56. The summed E-state index contributed by atoms with van der Waals surface area (Å²) in [4.78, 5) is 12.2. The van der Waals surface area contributed by atoms with Gasteiger partial charge in [-0.1, -0.05) is 16.7 Å². The Kier molecular flexibility index (Phi) is 5.75. The van der Waals surface area contributed by atoms with E-state index in [4.69, 9.17) is 21.1 Å². The van der Waals surface area contributed by atoms with E-state index in [0.717, 1.165) is 0 Å². The fourth-order valence-corrected chi connectivity index (χ4v) is 2.28. The van der Waals surface area contributed by atoms with Crippen LogP contribution in [0.1, 0.15) is 15.9 Å². The molecule has 0 aliphatic rings. The number of methoxy groups -OCH3 is 1. The molecule has 0 spiro atoms. The molecule has 0 amide bonds. The van der Waals surface area contributed by atoms with Crippen LogP contribution in [0.25, 0.3) is 0 Å². The van der Waals surface area contributed by atoms with Gasteiger partial charge in [-0.05, 0) is 41.1 Å². The van der Waals surface area contributed by atoms with E-state index in [2.05, 4.69) is 31.2 Å². The van der Waals surface area contributed by atoms with Gasteiger partial charge in [0, 0.05) is 0 Å². The molecule has 0 fully saturated rings. The number of hydrogen-bond donors (Lipinski definition) is 2. The summed E-state index contributed by atoms with van der Waals surface area (Å²) in [6.45, 7) is 0. The molecule has 28 heavy (non-hydrogen) atoms. The number of benzene rings is 2. The molecule has 0 unspecified atom stereocenters. The molecule has 9 nitrogen and oxygen atoms in total. The molecule has 2 N–H and O–H groups in total. The highest BCUT2D eigenvalue weighted by molar-refractivity contribution is 6.33. The monoisotopic (exact) mass is 408 g/mol. The Morgan fingerprint density at radius 1 is 1.25 bits per heavy atom. The molecule has 144 valence electrons. The van der Waals surface area contributed by atoms with Crippen LogP contribution < -0.4 is 14.9 Å². The number of H-pyrrole nitrogens is 1. The summed E-state index contributed by atoms with van der Waals surface area (Å²) >= 11 is 5.78. The van der Waals surface area contributed by atoms with E-state index >= 15 is 0 Å². The Balaban J connectivity index is 1.76.